The summed E-state index contributed by atoms with van der Waals surface area (Å²) in [4.78, 5) is 11.1. The third-order valence-electron chi connectivity index (χ3n) is 3.96. The molecule has 1 heterocycles. The molecule has 2 fully saturated rings. The minimum Gasteiger partial charge on any atom is -0.480 e. The molecule has 2 bridgehead atoms. The number of piperidine rings is 1. The first-order valence-electron chi connectivity index (χ1n) is 6.81. The highest BCUT2D eigenvalue weighted by Crippen LogP contribution is 2.38. The minimum atomic E-state index is -3.68. The Morgan fingerprint density at radius 3 is 2.53 bits per heavy atom. The lowest BCUT2D eigenvalue weighted by molar-refractivity contribution is -0.139. The fourth-order valence-electron chi connectivity index (χ4n) is 3.09. The zero-order valence-electron chi connectivity index (χ0n) is 11.4. The van der Waals surface area contributed by atoms with Gasteiger partial charge in [-0.05, 0) is 37.5 Å². The molecular weight excluding hydrogens is 268 g/mol. The number of fused-ring (bicyclic) bond motifs is 2. The summed E-state index contributed by atoms with van der Waals surface area (Å²) in [5.74, 6) is -0.532. The van der Waals surface area contributed by atoms with Crippen LogP contribution in [0.15, 0.2) is 0 Å². The molecule has 0 spiro atoms. The second-order valence-corrected chi connectivity index (χ2v) is 7.70. The average molecular weight is 290 g/mol. The monoisotopic (exact) mass is 290 g/mol. The summed E-state index contributed by atoms with van der Waals surface area (Å²) in [6.07, 6.45) is 3.21. The van der Waals surface area contributed by atoms with E-state index in [1.807, 2.05) is 13.8 Å². The van der Waals surface area contributed by atoms with E-state index in [-0.39, 0.29) is 12.0 Å². The van der Waals surface area contributed by atoms with Crippen LogP contribution in [-0.4, -0.2) is 42.4 Å². The molecule has 7 heteroatoms. The van der Waals surface area contributed by atoms with Crippen molar-refractivity contribution in [3.63, 3.8) is 0 Å². The van der Waals surface area contributed by atoms with Crippen molar-refractivity contribution in [2.45, 2.75) is 51.6 Å². The lowest BCUT2D eigenvalue weighted by Gasteiger charge is -2.28. The van der Waals surface area contributed by atoms with Gasteiger partial charge in [0.25, 0.3) is 10.2 Å². The SMILES string of the molecule is CC(C)CC(NS(=O)(=O)N1CC2CCC1C2)C(=O)O. The van der Waals surface area contributed by atoms with E-state index in [9.17, 15) is 13.2 Å². The maximum atomic E-state index is 12.3. The molecule has 0 amide bonds. The van der Waals surface area contributed by atoms with Gasteiger partial charge in [-0.2, -0.15) is 17.4 Å². The normalized spacial score (nSPS) is 29.0. The number of aliphatic carboxylic acids is 1. The molecule has 2 rings (SSSR count). The smallest absolute Gasteiger partial charge is 0.321 e. The van der Waals surface area contributed by atoms with E-state index >= 15 is 0 Å². The number of nitrogens with zero attached hydrogens (tertiary/aromatic N) is 1. The molecule has 19 heavy (non-hydrogen) atoms. The fraction of sp³-hybridized carbons (Fsp3) is 0.917. The molecule has 1 aliphatic heterocycles. The summed E-state index contributed by atoms with van der Waals surface area (Å²) in [6, 6.07) is -0.972. The van der Waals surface area contributed by atoms with Crippen molar-refractivity contribution in [2.75, 3.05) is 6.54 Å². The number of hydrogen-bond donors (Lipinski definition) is 2. The van der Waals surface area contributed by atoms with Crippen LogP contribution >= 0.6 is 0 Å². The maximum Gasteiger partial charge on any atom is 0.321 e. The fourth-order valence-corrected chi connectivity index (χ4v) is 4.78. The summed E-state index contributed by atoms with van der Waals surface area (Å²) < 4.78 is 28.3. The first kappa shape index (κ1) is 14.7. The number of carboxylic acid groups (broad SMARTS) is 1. The van der Waals surface area contributed by atoms with Crippen LogP contribution in [0.4, 0.5) is 0 Å². The zero-order valence-corrected chi connectivity index (χ0v) is 12.2. The molecule has 0 aromatic rings. The molecule has 0 radical (unpaired) electrons. The summed E-state index contributed by atoms with van der Waals surface area (Å²) in [5, 5.41) is 9.11. The molecular formula is C12H22N2O4S. The Balaban J connectivity index is 2.05. The van der Waals surface area contributed by atoms with Crippen LogP contribution in [0.5, 0.6) is 0 Å². The zero-order chi connectivity index (χ0) is 14.2. The van der Waals surface area contributed by atoms with Crippen LogP contribution in [0.3, 0.4) is 0 Å². The first-order valence-corrected chi connectivity index (χ1v) is 8.25. The quantitative estimate of drug-likeness (QED) is 0.757. The Morgan fingerprint density at radius 1 is 1.42 bits per heavy atom. The van der Waals surface area contributed by atoms with Gasteiger partial charge in [0.15, 0.2) is 0 Å². The second kappa shape index (κ2) is 5.38. The first-order chi connectivity index (χ1) is 8.79. The highest BCUT2D eigenvalue weighted by atomic mass is 32.2. The van der Waals surface area contributed by atoms with E-state index in [4.69, 9.17) is 5.11 Å². The number of carbonyl (C=O) groups is 1. The predicted molar refractivity (Wildman–Crippen MR) is 70.8 cm³/mol. The average Bonchev–Trinajstić information content (AvgIpc) is 2.88. The molecule has 1 saturated heterocycles. The van der Waals surface area contributed by atoms with Crippen LogP contribution in [0.2, 0.25) is 0 Å². The van der Waals surface area contributed by atoms with Gasteiger partial charge in [-0.25, -0.2) is 0 Å². The van der Waals surface area contributed by atoms with Gasteiger partial charge in [0.2, 0.25) is 0 Å². The van der Waals surface area contributed by atoms with Gasteiger partial charge in [-0.15, -0.1) is 0 Å². The van der Waals surface area contributed by atoms with Gasteiger partial charge in [0, 0.05) is 12.6 Å². The Kier molecular flexibility index (Phi) is 4.17. The summed E-state index contributed by atoms with van der Waals surface area (Å²) >= 11 is 0. The van der Waals surface area contributed by atoms with Gasteiger partial charge in [-0.3, -0.25) is 4.79 Å². The van der Waals surface area contributed by atoms with E-state index in [0.717, 1.165) is 19.3 Å². The van der Waals surface area contributed by atoms with Crippen molar-refractivity contribution >= 4 is 16.2 Å². The second-order valence-electron chi connectivity index (χ2n) is 6.05. The number of nitrogens with one attached hydrogen (secondary N) is 1. The Morgan fingerprint density at radius 2 is 2.11 bits per heavy atom. The third-order valence-corrected chi connectivity index (χ3v) is 5.61. The van der Waals surface area contributed by atoms with Crippen molar-refractivity contribution < 1.29 is 18.3 Å². The van der Waals surface area contributed by atoms with Gasteiger partial charge in [0.1, 0.15) is 6.04 Å². The van der Waals surface area contributed by atoms with Crippen molar-refractivity contribution in [1.29, 1.82) is 0 Å². The van der Waals surface area contributed by atoms with Gasteiger partial charge >= 0.3 is 5.97 Å². The van der Waals surface area contributed by atoms with E-state index in [1.54, 1.807) is 0 Å². The maximum absolute atomic E-state index is 12.3. The highest BCUT2D eigenvalue weighted by Gasteiger charge is 2.44. The van der Waals surface area contributed by atoms with Crippen molar-refractivity contribution in [3.05, 3.63) is 0 Å². The minimum absolute atomic E-state index is 0.0657. The predicted octanol–water partition coefficient (Wildman–Crippen LogP) is 0.804. The topological polar surface area (TPSA) is 86.7 Å². The molecule has 1 aliphatic carbocycles. The summed E-state index contributed by atoms with van der Waals surface area (Å²) in [6.45, 7) is 4.29. The third kappa shape index (κ3) is 3.27. The summed E-state index contributed by atoms with van der Waals surface area (Å²) in [7, 11) is -3.68. The van der Waals surface area contributed by atoms with E-state index in [1.165, 1.54) is 4.31 Å². The van der Waals surface area contributed by atoms with Crippen LogP contribution in [0.1, 0.15) is 39.5 Å². The Labute approximate surface area is 114 Å². The molecule has 0 aromatic heterocycles. The highest BCUT2D eigenvalue weighted by molar-refractivity contribution is 7.87. The Hall–Kier alpha value is -0.660. The van der Waals surface area contributed by atoms with Gasteiger partial charge in [0.05, 0.1) is 0 Å². The van der Waals surface area contributed by atoms with Crippen LogP contribution < -0.4 is 4.72 Å². The number of carboxylic acids is 1. The molecule has 6 nitrogen and oxygen atoms in total. The molecule has 0 aromatic carbocycles. The van der Waals surface area contributed by atoms with E-state index < -0.39 is 22.2 Å². The lowest BCUT2D eigenvalue weighted by atomic mass is 10.1. The van der Waals surface area contributed by atoms with Crippen molar-refractivity contribution in [1.82, 2.24) is 9.03 Å². The number of hydrogen-bond acceptors (Lipinski definition) is 3. The molecule has 3 atom stereocenters. The van der Waals surface area contributed by atoms with Crippen LogP contribution in [0.25, 0.3) is 0 Å². The molecule has 2 aliphatic rings. The van der Waals surface area contributed by atoms with Crippen LogP contribution in [0, 0.1) is 11.8 Å². The molecule has 1 saturated carbocycles. The largest absolute Gasteiger partial charge is 0.480 e. The summed E-state index contributed by atoms with van der Waals surface area (Å²) in [5.41, 5.74) is 0. The lowest BCUT2D eigenvalue weighted by Crippen LogP contribution is -2.50. The van der Waals surface area contributed by atoms with Crippen LogP contribution in [-0.2, 0) is 15.0 Å². The number of rotatable bonds is 6. The van der Waals surface area contributed by atoms with E-state index in [2.05, 4.69) is 4.72 Å². The Bertz CT molecular complexity index is 449. The molecule has 3 unspecified atom stereocenters. The standard InChI is InChI=1S/C12H22N2O4S/c1-8(2)5-11(12(15)16)13-19(17,18)14-7-9-3-4-10(14)6-9/h8-11,13H,3-7H2,1-2H3,(H,15,16). The van der Waals surface area contributed by atoms with E-state index in [0.29, 0.717) is 18.9 Å². The molecule has 2 N–H and O–H groups in total. The van der Waals surface area contributed by atoms with Crippen molar-refractivity contribution in [2.24, 2.45) is 11.8 Å². The molecule has 110 valence electrons. The van der Waals surface area contributed by atoms with Gasteiger partial charge in [-0.1, -0.05) is 13.8 Å². The van der Waals surface area contributed by atoms with Gasteiger partial charge < -0.3 is 5.11 Å². The van der Waals surface area contributed by atoms with Crippen molar-refractivity contribution in [3.8, 4) is 0 Å².